The maximum Gasteiger partial charge on any atom is 0.286 e. The van der Waals surface area contributed by atoms with Crippen molar-refractivity contribution in [1.29, 1.82) is 0 Å². The van der Waals surface area contributed by atoms with Crippen LogP contribution in [0.25, 0.3) is 0 Å². The molecule has 76 valence electrons. The van der Waals surface area contributed by atoms with Gasteiger partial charge in [0.05, 0.1) is 6.26 Å². The standard InChI is InChI=1S/C9H12N2O3/c1-10-8(12)4-5-11-9(13)7-3-2-6-14-7/h2-3,6H,4-5H2,1H3,(H,10,12)(H,11,13). The van der Waals surface area contributed by atoms with Crippen molar-refractivity contribution in [3.05, 3.63) is 24.2 Å². The molecule has 0 aromatic carbocycles. The topological polar surface area (TPSA) is 71.3 Å². The Kier molecular flexibility index (Phi) is 3.72. The highest BCUT2D eigenvalue weighted by atomic mass is 16.3. The summed E-state index contributed by atoms with van der Waals surface area (Å²) in [6.45, 7) is 0.305. The average molecular weight is 196 g/mol. The van der Waals surface area contributed by atoms with Gasteiger partial charge in [-0.15, -0.1) is 0 Å². The third-order valence-electron chi connectivity index (χ3n) is 1.66. The molecule has 0 bridgehead atoms. The van der Waals surface area contributed by atoms with E-state index in [1.807, 2.05) is 0 Å². The Morgan fingerprint density at radius 3 is 2.86 bits per heavy atom. The Balaban J connectivity index is 2.26. The van der Waals surface area contributed by atoms with Crippen molar-refractivity contribution >= 4 is 11.8 Å². The van der Waals surface area contributed by atoms with Crippen LogP contribution in [0.1, 0.15) is 17.0 Å². The first-order valence-corrected chi connectivity index (χ1v) is 4.26. The van der Waals surface area contributed by atoms with Crippen LogP contribution in [0, 0.1) is 0 Å². The maximum absolute atomic E-state index is 11.2. The number of amides is 2. The molecule has 0 unspecified atom stereocenters. The zero-order chi connectivity index (χ0) is 10.4. The molecule has 5 nitrogen and oxygen atoms in total. The van der Waals surface area contributed by atoms with Crippen LogP contribution in [0.3, 0.4) is 0 Å². The molecular formula is C9H12N2O3. The molecule has 0 aliphatic heterocycles. The van der Waals surface area contributed by atoms with Crippen molar-refractivity contribution in [3.63, 3.8) is 0 Å². The third kappa shape index (κ3) is 2.93. The van der Waals surface area contributed by atoms with E-state index in [0.717, 1.165) is 0 Å². The Morgan fingerprint density at radius 1 is 1.50 bits per heavy atom. The molecule has 0 atom stereocenters. The molecule has 1 aromatic heterocycles. The number of hydrogen-bond acceptors (Lipinski definition) is 3. The second-order valence-electron chi connectivity index (χ2n) is 2.66. The molecule has 0 fully saturated rings. The summed E-state index contributed by atoms with van der Waals surface area (Å²) in [6.07, 6.45) is 1.69. The highest BCUT2D eigenvalue weighted by Crippen LogP contribution is 1.98. The Labute approximate surface area is 81.5 Å². The monoisotopic (exact) mass is 196 g/mol. The molecule has 5 heteroatoms. The molecule has 0 aliphatic carbocycles. The normalized spacial score (nSPS) is 9.50. The van der Waals surface area contributed by atoms with Crippen molar-refractivity contribution in [2.24, 2.45) is 0 Å². The van der Waals surface area contributed by atoms with Crippen LogP contribution in [0.15, 0.2) is 22.8 Å². The number of carbonyl (C=O) groups is 2. The highest BCUT2D eigenvalue weighted by Gasteiger charge is 2.07. The van der Waals surface area contributed by atoms with Gasteiger partial charge >= 0.3 is 0 Å². The average Bonchev–Trinajstić information content (AvgIpc) is 2.70. The van der Waals surface area contributed by atoms with Gasteiger partial charge in [0.2, 0.25) is 5.91 Å². The summed E-state index contributed by atoms with van der Waals surface area (Å²) in [6, 6.07) is 3.20. The zero-order valence-electron chi connectivity index (χ0n) is 7.87. The van der Waals surface area contributed by atoms with Crippen molar-refractivity contribution in [2.75, 3.05) is 13.6 Å². The zero-order valence-corrected chi connectivity index (χ0v) is 7.87. The van der Waals surface area contributed by atoms with E-state index < -0.39 is 0 Å². The van der Waals surface area contributed by atoms with Crippen molar-refractivity contribution in [2.45, 2.75) is 6.42 Å². The molecule has 14 heavy (non-hydrogen) atoms. The lowest BCUT2D eigenvalue weighted by atomic mass is 10.3. The largest absolute Gasteiger partial charge is 0.459 e. The Bertz CT molecular complexity index is 306. The van der Waals surface area contributed by atoms with Gasteiger partial charge in [-0.1, -0.05) is 0 Å². The lowest BCUT2D eigenvalue weighted by Crippen LogP contribution is -2.28. The van der Waals surface area contributed by atoms with E-state index >= 15 is 0 Å². The molecule has 1 rings (SSSR count). The lowest BCUT2D eigenvalue weighted by Gasteiger charge is -2.01. The summed E-state index contributed by atoms with van der Waals surface area (Å²) in [5, 5.41) is 5.02. The number of hydrogen-bond donors (Lipinski definition) is 2. The Hall–Kier alpha value is -1.78. The van der Waals surface area contributed by atoms with Gasteiger partial charge < -0.3 is 15.1 Å². The van der Waals surface area contributed by atoms with E-state index in [4.69, 9.17) is 4.42 Å². The minimum atomic E-state index is -0.307. The Morgan fingerprint density at radius 2 is 2.29 bits per heavy atom. The number of furan rings is 1. The second kappa shape index (κ2) is 5.06. The third-order valence-corrected chi connectivity index (χ3v) is 1.66. The van der Waals surface area contributed by atoms with E-state index in [9.17, 15) is 9.59 Å². The van der Waals surface area contributed by atoms with E-state index in [-0.39, 0.29) is 24.0 Å². The molecule has 2 amide bonds. The fourth-order valence-electron chi connectivity index (χ4n) is 0.909. The van der Waals surface area contributed by atoms with Crippen LogP contribution >= 0.6 is 0 Å². The predicted molar refractivity (Wildman–Crippen MR) is 49.7 cm³/mol. The van der Waals surface area contributed by atoms with Crippen molar-refractivity contribution in [1.82, 2.24) is 10.6 Å². The van der Waals surface area contributed by atoms with Gasteiger partial charge in [0.15, 0.2) is 5.76 Å². The van der Waals surface area contributed by atoms with Crippen LogP contribution in [0.2, 0.25) is 0 Å². The van der Waals surface area contributed by atoms with Gasteiger partial charge in [-0.2, -0.15) is 0 Å². The SMILES string of the molecule is CNC(=O)CCNC(=O)c1ccco1. The van der Waals surface area contributed by atoms with Crippen LogP contribution in [0.5, 0.6) is 0 Å². The molecule has 2 N–H and O–H groups in total. The van der Waals surface area contributed by atoms with E-state index in [1.165, 1.54) is 6.26 Å². The summed E-state index contributed by atoms with van der Waals surface area (Å²) in [5.74, 6) is -0.162. The smallest absolute Gasteiger partial charge is 0.286 e. The molecule has 0 saturated carbocycles. The van der Waals surface area contributed by atoms with Gasteiger partial charge in [-0.25, -0.2) is 0 Å². The van der Waals surface area contributed by atoms with Crippen LogP contribution < -0.4 is 10.6 Å². The van der Waals surface area contributed by atoms with Crippen molar-refractivity contribution in [3.8, 4) is 0 Å². The quantitative estimate of drug-likeness (QED) is 0.719. The minimum Gasteiger partial charge on any atom is -0.459 e. The van der Waals surface area contributed by atoms with E-state index in [1.54, 1.807) is 19.2 Å². The summed E-state index contributed by atoms with van der Waals surface area (Å²) in [4.78, 5) is 22.0. The predicted octanol–water partition coefficient (Wildman–Crippen LogP) is 0.145. The molecule has 1 aromatic rings. The first kappa shape index (κ1) is 10.3. The fourth-order valence-corrected chi connectivity index (χ4v) is 0.909. The second-order valence-corrected chi connectivity index (χ2v) is 2.66. The highest BCUT2D eigenvalue weighted by molar-refractivity contribution is 5.91. The molecule has 0 aliphatic rings. The first-order chi connectivity index (χ1) is 6.74. The maximum atomic E-state index is 11.2. The first-order valence-electron chi connectivity index (χ1n) is 4.26. The van der Waals surface area contributed by atoms with Crippen molar-refractivity contribution < 1.29 is 14.0 Å². The fraction of sp³-hybridized carbons (Fsp3) is 0.333. The molecular weight excluding hydrogens is 184 g/mol. The number of carbonyl (C=O) groups excluding carboxylic acids is 2. The molecule has 0 spiro atoms. The van der Waals surface area contributed by atoms with Crippen LogP contribution in [0.4, 0.5) is 0 Å². The van der Waals surface area contributed by atoms with Gasteiger partial charge in [0, 0.05) is 20.0 Å². The minimum absolute atomic E-state index is 0.107. The number of nitrogens with one attached hydrogen (secondary N) is 2. The van der Waals surface area contributed by atoms with Gasteiger partial charge in [-0.3, -0.25) is 9.59 Å². The van der Waals surface area contributed by atoms with Gasteiger partial charge in [0.25, 0.3) is 5.91 Å². The molecule has 0 radical (unpaired) electrons. The lowest BCUT2D eigenvalue weighted by molar-refractivity contribution is -0.120. The van der Waals surface area contributed by atoms with Gasteiger partial charge in [-0.05, 0) is 12.1 Å². The van der Waals surface area contributed by atoms with E-state index in [0.29, 0.717) is 6.54 Å². The summed E-state index contributed by atoms with van der Waals surface area (Å²) < 4.78 is 4.87. The van der Waals surface area contributed by atoms with Crippen LogP contribution in [-0.4, -0.2) is 25.4 Å². The van der Waals surface area contributed by atoms with Gasteiger partial charge in [0.1, 0.15) is 0 Å². The van der Waals surface area contributed by atoms with E-state index in [2.05, 4.69) is 10.6 Å². The molecule has 1 heterocycles. The summed E-state index contributed by atoms with van der Waals surface area (Å²) in [5.41, 5.74) is 0. The molecule has 0 saturated heterocycles. The summed E-state index contributed by atoms with van der Waals surface area (Å²) in [7, 11) is 1.55. The summed E-state index contributed by atoms with van der Waals surface area (Å²) >= 11 is 0. The van der Waals surface area contributed by atoms with Crippen LogP contribution in [-0.2, 0) is 4.79 Å². The number of rotatable bonds is 4.